The van der Waals surface area contributed by atoms with Gasteiger partial charge in [0.1, 0.15) is 17.1 Å². The van der Waals surface area contributed by atoms with Gasteiger partial charge in [-0.25, -0.2) is 0 Å². The number of aromatic hydroxyl groups is 2. The van der Waals surface area contributed by atoms with E-state index in [2.05, 4.69) is 10.2 Å². The molecular formula is C20H12N3NaO6S. The van der Waals surface area contributed by atoms with Gasteiger partial charge in [0.05, 0.1) is 4.92 Å². The molecule has 0 aliphatic carbocycles. The van der Waals surface area contributed by atoms with E-state index >= 15 is 0 Å². The van der Waals surface area contributed by atoms with Crippen molar-refractivity contribution in [2.24, 2.45) is 10.2 Å². The first-order valence-electron chi connectivity index (χ1n) is 8.52. The number of non-ortho nitro benzene ring substituents is 1. The SMILES string of the molecule is O=[N+]([O-])c1ccc2c(N=Nc3ccc4ccccc4c3O)c(O)cc(S(=O)[O-])c2c1.[Na+]. The van der Waals surface area contributed by atoms with Crippen molar-refractivity contribution < 1.29 is 53.5 Å². The number of rotatable bonds is 4. The Morgan fingerprint density at radius 3 is 2.35 bits per heavy atom. The summed E-state index contributed by atoms with van der Waals surface area (Å²) in [6.45, 7) is 0. The molecule has 150 valence electrons. The second-order valence-electron chi connectivity index (χ2n) is 6.32. The molecule has 4 aromatic rings. The molecule has 0 heterocycles. The molecule has 0 spiro atoms. The molecule has 2 N–H and O–H groups in total. The number of nitro groups is 1. The summed E-state index contributed by atoms with van der Waals surface area (Å²) < 4.78 is 23.1. The summed E-state index contributed by atoms with van der Waals surface area (Å²) >= 11 is -2.75. The van der Waals surface area contributed by atoms with Gasteiger partial charge in [0.25, 0.3) is 5.69 Å². The van der Waals surface area contributed by atoms with Crippen LogP contribution in [0, 0.1) is 10.1 Å². The molecule has 4 aromatic carbocycles. The summed E-state index contributed by atoms with van der Waals surface area (Å²) in [4.78, 5) is 10.1. The van der Waals surface area contributed by atoms with Gasteiger partial charge < -0.3 is 14.8 Å². The fourth-order valence-electron chi connectivity index (χ4n) is 3.14. The number of benzene rings is 4. The van der Waals surface area contributed by atoms with E-state index in [1.807, 2.05) is 12.1 Å². The Balaban J connectivity index is 0.00000272. The molecule has 1 atom stereocenters. The fraction of sp³-hybridized carbons (Fsp3) is 0. The van der Waals surface area contributed by atoms with E-state index in [0.717, 1.165) is 17.5 Å². The average molecular weight is 445 g/mol. The molecule has 11 heteroatoms. The van der Waals surface area contributed by atoms with Gasteiger partial charge in [-0.1, -0.05) is 30.3 Å². The minimum atomic E-state index is -2.75. The predicted octanol–water partition coefficient (Wildman–Crippen LogP) is 1.97. The Morgan fingerprint density at radius 2 is 1.65 bits per heavy atom. The van der Waals surface area contributed by atoms with Crippen LogP contribution >= 0.6 is 0 Å². The Hall–Kier alpha value is -2.89. The first kappa shape index (κ1) is 22.8. The monoisotopic (exact) mass is 445 g/mol. The van der Waals surface area contributed by atoms with Crippen LogP contribution in [-0.2, 0) is 11.1 Å². The van der Waals surface area contributed by atoms with Crippen LogP contribution in [0.25, 0.3) is 21.5 Å². The summed E-state index contributed by atoms with van der Waals surface area (Å²) in [5, 5.41) is 41.4. The molecule has 0 aromatic heterocycles. The number of nitro benzene ring substituents is 1. The van der Waals surface area contributed by atoms with Crippen molar-refractivity contribution in [2.75, 3.05) is 0 Å². The van der Waals surface area contributed by atoms with Gasteiger partial charge in [-0.3, -0.25) is 14.3 Å². The third-order valence-corrected chi connectivity index (χ3v) is 5.26. The third kappa shape index (κ3) is 4.29. The topological polar surface area (TPSA) is 148 Å². The van der Waals surface area contributed by atoms with Gasteiger partial charge in [0, 0.05) is 33.2 Å². The number of nitrogens with zero attached hydrogens (tertiary/aromatic N) is 3. The van der Waals surface area contributed by atoms with Crippen LogP contribution in [-0.4, -0.2) is 23.9 Å². The first-order chi connectivity index (χ1) is 14.4. The zero-order chi connectivity index (χ0) is 21.4. The van der Waals surface area contributed by atoms with Crippen molar-refractivity contribution in [2.45, 2.75) is 4.90 Å². The van der Waals surface area contributed by atoms with Crippen LogP contribution in [0.5, 0.6) is 11.5 Å². The molecule has 31 heavy (non-hydrogen) atoms. The van der Waals surface area contributed by atoms with Crippen molar-refractivity contribution in [3.05, 3.63) is 70.8 Å². The minimum absolute atomic E-state index is 0. The molecule has 0 bridgehead atoms. The Bertz CT molecular complexity index is 1390. The van der Waals surface area contributed by atoms with Crippen molar-refractivity contribution in [1.29, 1.82) is 0 Å². The molecule has 0 radical (unpaired) electrons. The number of hydrogen-bond acceptors (Lipinski definition) is 8. The number of azo groups is 1. The number of phenols is 2. The normalized spacial score (nSPS) is 12.2. The van der Waals surface area contributed by atoms with Gasteiger partial charge in [-0.2, -0.15) is 0 Å². The summed E-state index contributed by atoms with van der Waals surface area (Å²) in [7, 11) is 0. The first-order valence-corrected chi connectivity index (χ1v) is 9.60. The van der Waals surface area contributed by atoms with E-state index in [1.165, 1.54) is 12.1 Å². The average Bonchev–Trinajstić information content (AvgIpc) is 2.73. The van der Waals surface area contributed by atoms with Gasteiger partial charge in [-0.15, -0.1) is 10.2 Å². The molecule has 9 nitrogen and oxygen atoms in total. The molecule has 0 aliphatic rings. The standard InChI is InChI=1S/C20H13N3O6S.Na/c24-17-10-18(30(28)29)15-9-12(23(26)27)6-7-14(15)19(17)22-21-16-8-5-11-3-1-2-4-13(11)20(16)25;/h1-10,24-25H,(H,28,29);/q;+1/p-1. The van der Waals surface area contributed by atoms with Gasteiger partial charge in [0.2, 0.25) is 0 Å². The molecular weight excluding hydrogens is 433 g/mol. The summed E-state index contributed by atoms with van der Waals surface area (Å²) in [5.41, 5.74) is -0.253. The molecule has 0 saturated heterocycles. The van der Waals surface area contributed by atoms with E-state index < -0.39 is 21.8 Å². The Labute approximate surface area is 199 Å². The quantitative estimate of drug-likeness (QED) is 0.161. The molecule has 0 aliphatic heterocycles. The van der Waals surface area contributed by atoms with Gasteiger partial charge >= 0.3 is 29.6 Å². The number of fused-ring (bicyclic) bond motifs is 2. The van der Waals surface area contributed by atoms with Crippen molar-refractivity contribution >= 4 is 49.7 Å². The number of phenolic OH excluding ortho intramolecular Hbond substituents is 2. The maximum absolute atomic E-state index is 11.5. The van der Waals surface area contributed by atoms with E-state index in [4.69, 9.17) is 0 Å². The molecule has 0 fully saturated rings. The minimum Gasteiger partial charge on any atom is -0.768 e. The number of hydrogen-bond donors (Lipinski definition) is 2. The van der Waals surface area contributed by atoms with Crippen LogP contribution in [0.3, 0.4) is 0 Å². The van der Waals surface area contributed by atoms with Crippen LogP contribution in [0.15, 0.2) is 75.8 Å². The second kappa shape index (κ2) is 9.08. The molecule has 0 saturated carbocycles. The van der Waals surface area contributed by atoms with Crippen molar-refractivity contribution in [3.63, 3.8) is 0 Å². The molecule has 4 rings (SSSR count). The predicted molar refractivity (Wildman–Crippen MR) is 109 cm³/mol. The van der Waals surface area contributed by atoms with Crippen molar-refractivity contribution in [1.82, 2.24) is 0 Å². The largest absolute Gasteiger partial charge is 1.00 e. The van der Waals surface area contributed by atoms with Crippen LogP contribution < -0.4 is 29.6 Å². The summed E-state index contributed by atoms with van der Waals surface area (Å²) in [5.74, 6) is -0.576. The van der Waals surface area contributed by atoms with Crippen LogP contribution in [0.4, 0.5) is 17.1 Å². The van der Waals surface area contributed by atoms with Crippen molar-refractivity contribution in [3.8, 4) is 11.5 Å². The second-order valence-corrected chi connectivity index (χ2v) is 7.23. The Kier molecular flexibility index (Phi) is 6.68. The Morgan fingerprint density at radius 1 is 0.903 bits per heavy atom. The maximum Gasteiger partial charge on any atom is 1.00 e. The third-order valence-electron chi connectivity index (χ3n) is 4.56. The molecule has 0 amide bonds. The zero-order valence-electron chi connectivity index (χ0n) is 16.1. The van der Waals surface area contributed by atoms with E-state index in [1.54, 1.807) is 24.3 Å². The van der Waals surface area contributed by atoms with E-state index in [0.29, 0.717) is 5.39 Å². The zero-order valence-corrected chi connectivity index (χ0v) is 18.9. The summed E-state index contributed by atoms with van der Waals surface area (Å²) in [6.07, 6.45) is 0. The van der Waals surface area contributed by atoms with Gasteiger partial charge in [-0.05, 0) is 34.7 Å². The molecule has 1 unspecified atom stereocenters. The van der Waals surface area contributed by atoms with E-state index in [-0.39, 0.29) is 68.0 Å². The van der Waals surface area contributed by atoms with Crippen LogP contribution in [0.2, 0.25) is 0 Å². The summed E-state index contributed by atoms with van der Waals surface area (Å²) in [6, 6.07) is 14.9. The maximum atomic E-state index is 11.5. The van der Waals surface area contributed by atoms with Gasteiger partial charge in [0.15, 0.2) is 5.75 Å². The smallest absolute Gasteiger partial charge is 0.768 e. The van der Waals surface area contributed by atoms with E-state index in [9.17, 15) is 29.1 Å². The van der Waals surface area contributed by atoms with Crippen LogP contribution in [0.1, 0.15) is 0 Å². The fourth-order valence-corrected chi connectivity index (χ4v) is 3.69.